The molecule has 2 aromatic rings. The summed E-state index contributed by atoms with van der Waals surface area (Å²) in [6.45, 7) is 1.59. The number of hydrogen-bond donors (Lipinski definition) is 1. The fourth-order valence-electron chi connectivity index (χ4n) is 2.95. The van der Waals surface area contributed by atoms with Crippen LogP contribution in [-0.4, -0.2) is 13.0 Å². The number of methoxy groups -OCH3 is 1. The largest absolute Gasteiger partial charge is 0.495 e. The van der Waals surface area contributed by atoms with Gasteiger partial charge in [-0.15, -0.1) is 0 Å². The maximum atomic E-state index is 12.5. The molecule has 3 rings (SSSR count). The molecule has 2 heterocycles. The van der Waals surface area contributed by atoms with Crippen LogP contribution in [0.1, 0.15) is 22.8 Å². The van der Waals surface area contributed by atoms with Crippen LogP contribution in [0.15, 0.2) is 27.4 Å². The number of nitrogens with zero attached hydrogens (tertiary/aromatic N) is 1. The number of aryl methyl sites for hydroxylation is 1. The van der Waals surface area contributed by atoms with Gasteiger partial charge in [0.05, 0.1) is 23.8 Å². The molecule has 0 spiro atoms. The third kappa shape index (κ3) is 2.86. The zero-order valence-electron chi connectivity index (χ0n) is 13.2. The van der Waals surface area contributed by atoms with E-state index in [0.717, 1.165) is 0 Å². The van der Waals surface area contributed by atoms with Crippen LogP contribution in [0.25, 0.3) is 0 Å². The first kappa shape index (κ1) is 17.3. The summed E-state index contributed by atoms with van der Waals surface area (Å²) in [6, 6.07) is 6.56. The monoisotopic (exact) mass is 378 g/mol. The standard InChI is InChI=1S/C17H12Cl2N2O4/c1-7-3-12-14(17(22)24-7)13(10(6-20)16(21)25-12)9-4-8(18)5-11(19)15(9)23-2/h3-5,10,13,21H,1-2H3. The summed E-state index contributed by atoms with van der Waals surface area (Å²) in [5, 5.41) is 18.2. The van der Waals surface area contributed by atoms with Gasteiger partial charge in [-0.3, -0.25) is 5.41 Å². The van der Waals surface area contributed by atoms with E-state index in [1.165, 1.54) is 19.2 Å². The Morgan fingerprint density at radius 1 is 1.32 bits per heavy atom. The summed E-state index contributed by atoms with van der Waals surface area (Å²) in [6.07, 6.45) is 0. The normalized spacial score (nSPS) is 18.9. The van der Waals surface area contributed by atoms with Crippen molar-refractivity contribution >= 4 is 29.1 Å². The van der Waals surface area contributed by atoms with E-state index < -0.39 is 17.5 Å². The maximum Gasteiger partial charge on any atom is 0.343 e. The Kier molecular flexibility index (Phi) is 4.46. The smallest absolute Gasteiger partial charge is 0.343 e. The van der Waals surface area contributed by atoms with Crippen molar-refractivity contribution in [3.05, 3.63) is 55.6 Å². The van der Waals surface area contributed by atoms with Crippen molar-refractivity contribution < 1.29 is 13.9 Å². The first-order chi connectivity index (χ1) is 11.9. The molecule has 2 unspecified atom stereocenters. The minimum atomic E-state index is -1.05. The highest BCUT2D eigenvalue weighted by atomic mass is 35.5. The Hall–Kier alpha value is -2.49. The number of ether oxygens (including phenoxy) is 2. The van der Waals surface area contributed by atoms with E-state index in [9.17, 15) is 10.1 Å². The first-order valence-electron chi connectivity index (χ1n) is 7.20. The number of rotatable bonds is 2. The van der Waals surface area contributed by atoms with Crippen LogP contribution in [0.2, 0.25) is 10.0 Å². The molecule has 6 nitrogen and oxygen atoms in total. The van der Waals surface area contributed by atoms with Crippen LogP contribution in [-0.2, 0) is 0 Å². The molecular weight excluding hydrogens is 367 g/mol. The quantitative estimate of drug-likeness (QED) is 0.854. The van der Waals surface area contributed by atoms with Crippen molar-refractivity contribution in [2.45, 2.75) is 12.8 Å². The highest BCUT2D eigenvalue weighted by Crippen LogP contribution is 2.46. The predicted octanol–water partition coefficient (Wildman–Crippen LogP) is 3.90. The van der Waals surface area contributed by atoms with E-state index in [-0.39, 0.29) is 28.0 Å². The lowest BCUT2D eigenvalue weighted by Crippen LogP contribution is -2.34. The number of benzene rings is 1. The molecule has 0 radical (unpaired) electrons. The zero-order valence-corrected chi connectivity index (χ0v) is 14.7. The molecule has 1 aromatic heterocycles. The summed E-state index contributed by atoms with van der Waals surface area (Å²) >= 11 is 12.3. The van der Waals surface area contributed by atoms with Gasteiger partial charge in [-0.05, 0) is 19.1 Å². The molecule has 128 valence electrons. The molecule has 0 aliphatic carbocycles. The third-order valence-corrected chi connectivity index (χ3v) is 4.43. The van der Waals surface area contributed by atoms with Gasteiger partial charge in [0.25, 0.3) is 0 Å². The van der Waals surface area contributed by atoms with E-state index in [1.54, 1.807) is 13.0 Å². The SMILES string of the molecule is COc1c(Cl)cc(Cl)cc1C1c2c(cc(C)oc2=O)OC(=N)C1C#N. The highest BCUT2D eigenvalue weighted by Gasteiger charge is 2.41. The van der Waals surface area contributed by atoms with E-state index in [0.29, 0.717) is 16.3 Å². The Morgan fingerprint density at radius 3 is 2.68 bits per heavy atom. The van der Waals surface area contributed by atoms with Crippen LogP contribution in [0.4, 0.5) is 0 Å². The lowest BCUT2D eigenvalue weighted by Gasteiger charge is -2.30. The molecular formula is C17H12Cl2N2O4. The Labute approximate surface area is 153 Å². The molecule has 0 saturated heterocycles. The topological polar surface area (TPSA) is 96.3 Å². The second-order valence-electron chi connectivity index (χ2n) is 5.48. The van der Waals surface area contributed by atoms with E-state index >= 15 is 0 Å². The Balaban J connectivity index is 2.37. The minimum absolute atomic E-state index is 0.129. The van der Waals surface area contributed by atoms with Crippen molar-refractivity contribution in [3.63, 3.8) is 0 Å². The first-order valence-corrected chi connectivity index (χ1v) is 7.96. The molecule has 1 N–H and O–H groups in total. The molecule has 1 aromatic carbocycles. The Bertz CT molecular complexity index is 978. The van der Waals surface area contributed by atoms with Gasteiger partial charge in [-0.1, -0.05) is 23.2 Å². The number of halogens is 2. The van der Waals surface area contributed by atoms with Crippen LogP contribution >= 0.6 is 23.2 Å². The van der Waals surface area contributed by atoms with Crippen molar-refractivity contribution in [1.29, 1.82) is 10.7 Å². The molecule has 2 atom stereocenters. The van der Waals surface area contributed by atoms with Crippen molar-refractivity contribution in [2.24, 2.45) is 5.92 Å². The molecule has 8 heteroatoms. The molecule has 0 amide bonds. The summed E-state index contributed by atoms with van der Waals surface area (Å²) in [5.74, 6) is -1.40. The van der Waals surface area contributed by atoms with Gasteiger partial charge in [-0.2, -0.15) is 5.26 Å². The van der Waals surface area contributed by atoms with Crippen LogP contribution in [0, 0.1) is 29.6 Å². The number of nitriles is 1. The summed E-state index contributed by atoms with van der Waals surface area (Å²) in [7, 11) is 1.42. The number of fused-ring (bicyclic) bond motifs is 1. The summed E-state index contributed by atoms with van der Waals surface area (Å²) < 4.78 is 15.9. The zero-order chi connectivity index (χ0) is 18.3. The average molecular weight is 379 g/mol. The third-order valence-electron chi connectivity index (χ3n) is 3.94. The fourth-order valence-corrected chi connectivity index (χ4v) is 3.54. The molecule has 0 bridgehead atoms. The van der Waals surface area contributed by atoms with Gasteiger partial charge < -0.3 is 13.9 Å². The predicted molar refractivity (Wildman–Crippen MR) is 92.0 cm³/mol. The molecule has 0 saturated carbocycles. The maximum absolute atomic E-state index is 12.5. The van der Waals surface area contributed by atoms with Crippen LogP contribution in [0.5, 0.6) is 11.5 Å². The van der Waals surface area contributed by atoms with Gasteiger partial charge in [0.2, 0.25) is 5.90 Å². The van der Waals surface area contributed by atoms with Crippen molar-refractivity contribution in [2.75, 3.05) is 7.11 Å². The number of hydrogen-bond acceptors (Lipinski definition) is 6. The van der Waals surface area contributed by atoms with E-state index in [1.807, 2.05) is 6.07 Å². The van der Waals surface area contributed by atoms with E-state index in [4.69, 9.17) is 42.5 Å². The van der Waals surface area contributed by atoms with Gasteiger partial charge in [0, 0.05) is 22.6 Å². The molecule has 1 aliphatic rings. The second kappa shape index (κ2) is 6.43. The molecule has 25 heavy (non-hydrogen) atoms. The average Bonchev–Trinajstić information content (AvgIpc) is 2.52. The van der Waals surface area contributed by atoms with Crippen molar-refractivity contribution in [1.82, 2.24) is 0 Å². The summed E-state index contributed by atoms with van der Waals surface area (Å²) in [4.78, 5) is 12.5. The van der Waals surface area contributed by atoms with Gasteiger partial charge >= 0.3 is 5.63 Å². The summed E-state index contributed by atoms with van der Waals surface area (Å²) in [5.41, 5.74) is -0.104. The van der Waals surface area contributed by atoms with E-state index in [2.05, 4.69) is 0 Å². The minimum Gasteiger partial charge on any atom is -0.495 e. The van der Waals surface area contributed by atoms with Crippen LogP contribution < -0.4 is 15.1 Å². The Morgan fingerprint density at radius 2 is 2.04 bits per heavy atom. The van der Waals surface area contributed by atoms with Crippen LogP contribution in [0.3, 0.4) is 0 Å². The molecule has 1 aliphatic heterocycles. The van der Waals surface area contributed by atoms with Gasteiger partial charge in [-0.25, -0.2) is 4.79 Å². The van der Waals surface area contributed by atoms with Gasteiger partial charge in [0.15, 0.2) is 0 Å². The highest BCUT2D eigenvalue weighted by molar-refractivity contribution is 6.35. The fraction of sp³-hybridized carbons (Fsp3) is 0.235. The molecule has 0 fully saturated rings. The van der Waals surface area contributed by atoms with Crippen molar-refractivity contribution in [3.8, 4) is 17.6 Å². The second-order valence-corrected chi connectivity index (χ2v) is 6.33. The lowest BCUT2D eigenvalue weighted by molar-refractivity contribution is 0.385. The number of nitrogens with one attached hydrogen (secondary N) is 1. The van der Waals surface area contributed by atoms with Gasteiger partial charge in [0.1, 0.15) is 23.2 Å². The lowest BCUT2D eigenvalue weighted by atomic mass is 9.79.